The topological polar surface area (TPSA) is 315 Å². The third-order valence-corrected chi connectivity index (χ3v) is 9.89. The molecule has 2 saturated heterocycles. The number of carbonyl (C=O) groups excluding carboxylic acids is 1. The number of rotatable bonds is 13. The van der Waals surface area contributed by atoms with Crippen molar-refractivity contribution in [2.75, 3.05) is 19.8 Å². The lowest BCUT2D eigenvalue weighted by Gasteiger charge is -2.47. The van der Waals surface area contributed by atoms with Gasteiger partial charge in [0.25, 0.3) is 0 Å². The second-order valence-electron chi connectivity index (χ2n) is 13.8. The number of phenols is 4. The van der Waals surface area contributed by atoms with Crippen LogP contribution in [-0.2, 0) is 39.6 Å². The molecule has 3 fully saturated rings. The lowest BCUT2D eigenvalue weighted by molar-refractivity contribution is -0.336. The molecule has 0 aromatic heterocycles. The first-order valence-corrected chi connectivity index (χ1v) is 17.6. The third-order valence-electron chi connectivity index (χ3n) is 9.89. The summed E-state index contributed by atoms with van der Waals surface area (Å²) in [6, 6.07) is 7.92. The molecular formula is C36H48O19. The Morgan fingerprint density at radius 1 is 0.745 bits per heavy atom. The summed E-state index contributed by atoms with van der Waals surface area (Å²) in [4.78, 5) is 13.3. The molecule has 15 atom stereocenters. The molecule has 0 spiro atoms. The highest BCUT2D eigenvalue weighted by atomic mass is 16.7. The van der Waals surface area contributed by atoms with Crippen LogP contribution in [0.5, 0.6) is 23.0 Å². The molecule has 0 radical (unpaired) electrons. The van der Waals surface area contributed by atoms with Crippen molar-refractivity contribution in [1.29, 1.82) is 0 Å². The maximum Gasteiger partial charge on any atom is 0.331 e. The Morgan fingerprint density at radius 3 is 2.07 bits per heavy atom. The van der Waals surface area contributed by atoms with Crippen molar-refractivity contribution in [3.63, 3.8) is 0 Å². The highest BCUT2D eigenvalue weighted by molar-refractivity contribution is 5.87. The molecule has 5 rings (SSSR count). The number of aromatic hydroxyl groups is 4. The zero-order valence-corrected chi connectivity index (χ0v) is 29.5. The van der Waals surface area contributed by atoms with Crippen LogP contribution in [0.3, 0.4) is 0 Å². The van der Waals surface area contributed by atoms with E-state index in [2.05, 4.69) is 0 Å². The molecule has 55 heavy (non-hydrogen) atoms. The average Bonchev–Trinajstić information content (AvgIpc) is 3.16. The number of esters is 1. The van der Waals surface area contributed by atoms with E-state index >= 15 is 0 Å². The van der Waals surface area contributed by atoms with Crippen LogP contribution in [-0.4, -0.2) is 173 Å². The number of phenolic OH excluding ortho intramolecular Hbond substituents is 4. The van der Waals surface area contributed by atoms with Crippen molar-refractivity contribution in [1.82, 2.24) is 0 Å². The summed E-state index contributed by atoms with van der Waals surface area (Å²) >= 11 is 0. The van der Waals surface area contributed by atoms with Gasteiger partial charge in [-0.15, -0.1) is 0 Å². The first-order valence-electron chi connectivity index (χ1n) is 17.6. The predicted octanol–water partition coefficient (Wildman–Crippen LogP) is -2.53. The molecule has 15 unspecified atom stereocenters. The van der Waals surface area contributed by atoms with E-state index in [1.54, 1.807) is 6.07 Å². The zero-order valence-electron chi connectivity index (χ0n) is 29.5. The number of aliphatic hydroxyl groups is 8. The quantitative estimate of drug-likeness (QED) is 0.0566. The van der Waals surface area contributed by atoms with Crippen molar-refractivity contribution >= 4 is 12.0 Å². The maximum absolute atomic E-state index is 13.3. The second kappa shape index (κ2) is 18.5. The Bertz CT molecular complexity index is 1600. The fourth-order valence-electron chi connectivity index (χ4n) is 6.64. The van der Waals surface area contributed by atoms with Crippen LogP contribution in [0.2, 0.25) is 0 Å². The largest absolute Gasteiger partial charge is 0.504 e. The van der Waals surface area contributed by atoms with Gasteiger partial charge in [0.1, 0.15) is 61.0 Å². The standard InChI is InChI=1S/C36H48O19/c1-15-26(43)29(46)31(48)35(52-15)51-14-18-12-23(50-9-8-17-3-6-20(39)22(41)11-17)28(45)34(55-36-32(49)30(47)27(44)24(13-37)53-36)33(18)54-25(42)7-4-16-2-5-19(38)21(40)10-16/h2-7,10-11,15,18,23-24,26-41,43-49H,8-9,12-14H2,1H3. The van der Waals surface area contributed by atoms with Crippen molar-refractivity contribution in [2.45, 2.75) is 106 Å². The van der Waals surface area contributed by atoms with E-state index < -0.39 is 122 Å². The number of ether oxygens (including phenoxy) is 6. The van der Waals surface area contributed by atoms with Gasteiger partial charge in [-0.3, -0.25) is 0 Å². The normalized spacial score (nSPS) is 36.9. The zero-order chi connectivity index (χ0) is 40.1. The monoisotopic (exact) mass is 784 g/mol. The SMILES string of the molecule is CC1OC(OCC2CC(OCCc3ccc(O)c(O)c3)C(O)C(OC3OC(CO)C(O)C(O)C3O)C2OC(=O)C=Cc2ccc(O)c(O)c2)C(O)C(O)C1O. The summed E-state index contributed by atoms with van der Waals surface area (Å²) < 4.78 is 34.8. The molecule has 0 bridgehead atoms. The lowest BCUT2D eigenvalue weighted by Crippen LogP contribution is -2.64. The molecule has 2 aliphatic heterocycles. The van der Waals surface area contributed by atoms with Crippen LogP contribution in [0.15, 0.2) is 42.5 Å². The Labute approximate surface area is 314 Å². The minimum Gasteiger partial charge on any atom is -0.504 e. The fraction of sp³-hybridized carbons (Fsp3) is 0.583. The van der Waals surface area contributed by atoms with E-state index in [1.807, 2.05) is 0 Å². The highest BCUT2D eigenvalue weighted by Gasteiger charge is 2.53. The van der Waals surface area contributed by atoms with Crippen LogP contribution in [0, 0.1) is 5.92 Å². The Hall–Kier alpha value is -3.67. The van der Waals surface area contributed by atoms with Gasteiger partial charge in [-0.2, -0.15) is 0 Å². The van der Waals surface area contributed by atoms with Gasteiger partial charge >= 0.3 is 5.97 Å². The van der Waals surface area contributed by atoms with Gasteiger partial charge in [-0.25, -0.2) is 4.79 Å². The number of hydrogen-bond donors (Lipinski definition) is 12. The van der Waals surface area contributed by atoms with Crippen LogP contribution >= 0.6 is 0 Å². The van der Waals surface area contributed by atoms with Gasteiger partial charge in [0, 0.05) is 12.0 Å². The highest BCUT2D eigenvalue weighted by Crippen LogP contribution is 2.36. The predicted molar refractivity (Wildman–Crippen MR) is 183 cm³/mol. The summed E-state index contributed by atoms with van der Waals surface area (Å²) in [5, 5.41) is 123. The molecule has 3 aliphatic rings. The van der Waals surface area contributed by atoms with E-state index in [0.717, 1.165) is 6.08 Å². The molecule has 0 amide bonds. The van der Waals surface area contributed by atoms with Crippen LogP contribution < -0.4 is 0 Å². The van der Waals surface area contributed by atoms with Crippen molar-refractivity contribution < 1.29 is 94.5 Å². The van der Waals surface area contributed by atoms with Gasteiger partial charge in [0.15, 0.2) is 35.6 Å². The molecule has 2 heterocycles. The Balaban J connectivity index is 1.44. The van der Waals surface area contributed by atoms with Crippen molar-refractivity contribution in [3.8, 4) is 23.0 Å². The molecule has 19 heteroatoms. The second-order valence-corrected chi connectivity index (χ2v) is 13.8. The van der Waals surface area contributed by atoms with Gasteiger partial charge < -0.3 is 89.7 Å². The minimum absolute atomic E-state index is 0.0645. The van der Waals surface area contributed by atoms with Crippen LogP contribution in [0.4, 0.5) is 0 Å². The van der Waals surface area contributed by atoms with E-state index in [4.69, 9.17) is 28.4 Å². The van der Waals surface area contributed by atoms with E-state index in [0.29, 0.717) is 11.1 Å². The summed E-state index contributed by atoms with van der Waals surface area (Å²) in [7, 11) is 0. The summed E-state index contributed by atoms with van der Waals surface area (Å²) in [5.41, 5.74) is 0.854. The number of carbonyl (C=O) groups is 1. The average molecular weight is 785 g/mol. The van der Waals surface area contributed by atoms with Crippen molar-refractivity contribution in [2.24, 2.45) is 5.92 Å². The number of aliphatic hydroxyl groups excluding tert-OH is 8. The fourth-order valence-corrected chi connectivity index (χ4v) is 6.64. The summed E-state index contributed by atoms with van der Waals surface area (Å²) in [5.74, 6) is -3.54. The maximum atomic E-state index is 13.3. The van der Waals surface area contributed by atoms with Gasteiger partial charge in [0.2, 0.25) is 0 Å². The number of benzene rings is 2. The number of hydrogen-bond acceptors (Lipinski definition) is 19. The molecule has 2 aromatic rings. The third kappa shape index (κ3) is 10.0. The molecular weight excluding hydrogens is 736 g/mol. The molecule has 12 N–H and O–H groups in total. The van der Waals surface area contributed by atoms with Gasteiger partial charge in [0.05, 0.1) is 32.0 Å². The van der Waals surface area contributed by atoms with E-state index in [-0.39, 0.29) is 30.9 Å². The minimum atomic E-state index is -1.93. The Morgan fingerprint density at radius 2 is 1.40 bits per heavy atom. The van der Waals surface area contributed by atoms with E-state index in [1.165, 1.54) is 43.3 Å². The molecule has 306 valence electrons. The lowest BCUT2D eigenvalue weighted by atomic mass is 9.80. The summed E-state index contributed by atoms with van der Waals surface area (Å²) in [6.07, 6.45) is -19.6. The molecule has 1 saturated carbocycles. The van der Waals surface area contributed by atoms with Gasteiger partial charge in [-0.1, -0.05) is 12.1 Å². The van der Waals surface area contributed by atoms with Crippen LogP contribution in [0.25, 0.3) is 6.08 Å². The first kappa shape index (κ1) is 42.5. The van der Waals surface area contributed by atoms with E-state index in [9.17, 15) is 66.1 Å². The molecule has 19 nitrogen and oxygen atoms in total. The Kier molecular flexibility index (Phi) is 14.3. The summed E-state index contributed by atoms with van der Waals surface area (Å²) in [6.45, 7) is 0.161. The molecule has 2 aromatic carbocycles. The smallest absolute Gasteiger partial charge is 0.331 e. The van der Waals surface area contributed by atoms with Gasteiger partial charge in [-0.05, 0) is 61.2 Å². The molecule has 1 aliphatic carbocycles. The van der Waals surface area contributed by atoms with Crippen LogP contribution in [0.1, 0.15) is 24.5 Å². The first-order chi connectivity index (χ1) is 26.1. The van der Waals surface area contributed by atoms with Crippen molar-refractivity contribution in [3.05, 3.63) is 53.6 Å².